The van der Waals surface area contributed by atoms with E-state index in [0.29, 0.717) is 18.1 Å². The first-order valence-corrected chi connectivity index (χ1v) is 7.92. The van der Waals surface area contributed by atoms with Crippen LogP contribution in [0.25, 0.3) is 0 Å². The Morgan fingerprint density at radius 3 is 2.26 bits per heavy atom. The Bertz CT molecular complexity index is 309. The van der Waals surface area contributed by atoms with Crippen LogP contribution in [0.2, 0.25) is 0 Å². The first-order chi connectivity index (χ1) is 8.97. The van der Waals surface area contributed by atoms with Crippen molar-refractivity contribution in [3.63, 3.8) is 0 Å². The maximum atomic E-state index is 12.4. The van der Waals surface area contributed by atoms with Crippen molar-refractivity contribution in [2.24, 2.45) is 5.41 Å². The topological polar surface area (TPSA) is 38.3 Å². The second-order valence-electron chi connectivity index (χ2n) is 7.09. The maximum Gasteiger partial charge on any atom is 0.326 e. The van der Waals surface area contributed by atoms with Gasteiger partial charge >= 0.3 is 5.97 Å². The fourth-order valence-electron chi connectivity index (χ4n) is 3.49. The molecule has 3 nitrogen and oxygen atoms in total. The average molecular weight is 267 g/mol. The van der Waals surface area contributed by atoms with Gasteiger partial charge in [0, 0.05) is 6.04 Å². The first-order valence-electron chi connectivity index (χ1n) is 7.92. The first kappa shape index (κ1) is 14.8. The van der Waals surface area contributed by atoms with Gasteiger partial charge in [-0.05, 0) is 50.9 Å². The van der Waals surface area contributed by atoms with E-state index in [1.807, 2.05) is 6.92 Å². The van der Waals surface area contributed by atoms with Crippen LogP contribution in [0.1, 0.15) is 72.1 Å². The normalized spacial score (nSPS) is 26.3. The third-order valence-corrected chi connectivity index (χ3v) is 4.96. The summed E-state index contributed by atoms with van der Waals surface area (Å²) in [6, 6.07) is 0.519. The monoisotopic (exact) mass is 267 g/mol. The van der Waals surface area contributed by atoms with Crippen molar-refractivity contribution in [2.75, 3.05) is 6.61 Å². The molecule has 110 valence electrons. The molecule has 19 heavy (non-hydrogen) atoms. The summed E-state index contributed by atoms with van der Waals surface area (Å²) in [5.74, 6) is -0.0163. The highest BCUT2D eigenvalue weighted by Gasteiger charge is 2.46. The van der Waals surface area contributed by atoms with E-state index in [1.165, 1.54) is 25.7 Å². The molecule has 2 aliphatic carbocycles. The lowest BCUT2D eigenvalue weighted by Gasteiger charge is -2.43. The number of ether oxygens (including phenoxy) is 1. The minimum atomic E-state index is -0.402. The molecule has 0 unspecified atom stereocenters. The van der Waals surface area contributed by atoms with Gasteiger partial charge in [-0.15, -0.1) is 0 Å². The van der Waals surface area contributed by atoms with Crippen LogP contribution in [-0.2, 0) is 9.53 Å². The summed E-state index contributed by atoms with van der Waals surface area (Å²) in [7, 11) is 0. The van der Waals surface area contributed by atoms with Gasteiger partial charge in [0.2, 0.25) is 0 Å². The summed E-state index contributed by atoms with van der Waals surface area (Å²) in [4.78, 5) is 12.4. The van der Waals surface area contributed by atoms with E-state index < -0.39 is 5.54 Å². The van der Waals surface area contributed by atoms with Gasteiger partial charge in [0.1, 0.15) is 5.54 Å². The third-order valence-electron chi connectivity index (χ3n) is 4.96. The molecule has 1 N–H and O–H groups in total. The molecule has 0 heterocycles. The standard InChI is InChI=1S/C16H29NO2/c1-4-19-14(18)16(17-13-7-5-6-8-13)11-9-15(2,3)10-12-16/h13,17H,4-12H2,1-3H3. The van der Waals surface area contributed by atoms with Crippen LogP contribution in [0.5, 0.6) is 0 Å². The molecule has 2 rings (SSSR count). The van der Waals surface area contributed by atoms with Crippen molar-refractivity contribution >= 4 is 5.97 Å². The van der Waals surface area contributed by atoms with Crippen LogP contribution in [0.4, 0.5) is 0 Å². The average Bonchev–Trinajstić information content (AvgIpc) is 2.85. The van der Waals surface area contributed by atoms with E-state index in [-0.39, 0.29) is 5.97 Å². The third kappa shape index (κ3) is 3.50. The Morgan fingerprint density at radius 2 is 1.74 bits per heavy atom. The lowest BCUT2D eigenvalue weighted by atomic mass is 9.69. The van der Waals surface area contributed by atoms with Gasteiger partial charge in [-0.1, -0.05) is 26.7 Å². The highest BCUT2D eigenvalue weighted by atomic mass is 16.5. The Balaban J connectivity index is 2.06. The van der Waals surface area contributed by atoms with Crippen molar-refractivity contribution in [3.8, 4) is 0 Å². The summed E-state index contributed by atoms with van der Waals surface area (Å²) in [5.41, 5.74) is -0.0338. The van der Waals surface area contributed by atoms with Crippen molar-refractivity contribution < 1.29 is 9.53 Å². The zero-order chi connectivity index (χ0) is 13.9. The zero-order valence-corrected chi connectivity index (χ0v) is 12.8. The summed E-state index contributed by atoms with van der Waals surface area (Å²) < 4.78 is 5.36. The van der Waals surface area contributed by atoms with Gasteiger partial charge in [-0.25, -0.2) is 0 Å². The Labute approximate surface area is 117 Å². The van der Waals surface area contributed by atoms with Crippen LogP contribution in [0.15, 0.2) is 0 Å². The SMILES string of the molecule is CCOC(=O)C1(NC2CCCC2)CCC(C)(C)CC1. The molecular formula is C16H29NO2. The van der Waals surface area contributed by atoms with Crippen molar-refractivity contribution in [2.45, 2.75) is 83.7 Å². The second kappa shape index (κ2) is 5.82. The van der Waals surface area contributed by atoms with E-state index in [0.717, 1.165) is 25.7 Å². The van der Waals surface area contributed by atoms with Crippen molar-refractivity contribution in [1.29, 1.82) is 0 Å². The number of hydrogen-bond acceptors (Lipinski definition) is 3. The zero-order valence-electron chi connectivity index (χ0n) is 12.8. The molecule has 2 aliphatic rings. The fourth-order valence-corrected chi connectivity index (χ4v) is 3.49. The molecule has 3 heteroatoms. The quantitative estimate of drug-likeness (QED) is 0.793. The molecule has 0 aliphatic heterocycles. The van der Waals surface area contributed by atoms with Crippen LogP contribution in [0, 0.1) is 5.41 Å². The molecule has 2 saturated carbocycles. The fraction of sp³-hybridized carbons (Fsp3) is 0.938. The van der Waals surface area contributed by atoms with Gasteiger partial charge in [0.25, 0.3) is 0 Å². The minimum absolute atomic E-state index is 0.0163. The number of nitrogens with one attached hydrogen (secondary N) is 1. The summed E-state index contributed by atoms with van der Waals surface area (Å²) in [5, 5.41) is 3.68. The van der Waals surface area contributed by atoms with E-state index in [9.17, 15) is 4.79 Å². The van der Waals surface area contributed by atoms with Gasteiger partial charge in [-0.3, -0.25) is 10.1 Å². The number of rotatable bonds is 4. The number of esters is 1. The van der Waals surface area contributed by atoms with Crippen molar-refractivity contribution in [3.05, 3.63) is 0 Å². The highest BCUT2D eigenvalue weighted by molar-refractivity contribution is 5.81. The molecule has 0 aromatic rings. The molecule has 0 radical (unpaired) electrons. The van der Waals surface area contributed by atoms with Crippen LogP contribution in [0.3, 0.4) is 0 Å². The lowest BCUT2D eigenvalue weighted by molar-refractivity contribution is -0.154. The van der Waals surface area contributed by atoms with Crippen LogP contribution in [-0.4, -0.2) is 24.2 Å². The molecule has 0 atom stereocenters. The predicted molar refractivity (Wildman–Crippen MR) is 77.0 cm³/mol. The summed E-state index contributed by atoms with van der Waals surface area (Å²) in [6.45, 7) is 6.99. The Kier molecular flexibility index (Phi) is 4.54. The maximum absolute atomic E-state index is 12.4. The van der Waals surface area contributed by atoms with Gasteiger partial charge in [-0.2, -0.15) is 0 Å². The van der Waals surface area contributed by atoms with E-state index >= 15 is 0 Å². The number of carbonyl (C=O) groups is 1. The Hall–Kier alpha value is -0.570. The van der Waals surface area contributed by atoms with Gasteiger partial charge in [0.15, 0.2) is 0 Å². The van der Waals surface area contributed by atoms with Crippen LogP contribution < -0.4 is 5.32 Å². The molecule has 2 fully saturated rings. The molecule has 0 spiro atoms. The smallest absolute Gasteiger partial charge is 0.326 e. The van der Waals surface area contributed by atoms with E-state index in [4.69, 9.17) is 4.74 Å². The molecule has 0 bridgehead atoms. The summed E-state index contributed by atoms with van der Waals surface area (Å²) >= 11 is 0. The highest BCUT2D eigenvalue weighted by Crippen LogP contribution is 2.41. The van der Waals surface area contributed by atoms with Crippen LogP contribution >= 0.6 is 0 Å². The largest absolute Gasteiger partial charge is 0.465 e. The molecule has 0 aromatic heterocycles. The molecular weight excluding hydrogens is 238 g/mol. The molecule has 0 saturated heterocycles. The van der Waals surface area contributed by atoms with Gasteiger partial charge in [0.05, 0.1) is 6.61 Å². The van der Waals surface area contributed by atoms with Gasteiger partial charge < -0.3 is 4.74 Å². The minimum Gasteiger partial charge on any atom is -0.465 e. The molecule has 0 amide bonds. The number of hydrogen-bond donors (Lipinski definition) is 1. The lowest BCUT2D eigenvalue weighted by Crippen LogP contribution is -2.58. The van der Waals surface area contributed by atoms with E-state index in [1.54, 1.807) is 0 Å². The van der Waals surface area contributed by atoms with E-state index in [2.05, 4.69) is 19.2 Å². The van der Waals surface area contributed by atoms with Crippen molar-refractivity contribution in [1.82, 2.24) is 5.32 Å². The molecule has 0 aromatic carbocycles. The number of carbonyl (C=O) groups excluding carboxylic acids is 1. The summed E-state index contributed by atoms with van der Waals surface area (Å²) in [6.07, 6.45) is 9.07. The predicted octanol–water partition coefficient (Wildman–Crippen LogP) is 3.42. The Morgan fingerprint density at radius 1 is 1.16 bits per heavy atom. The second-order valence-corrected chi connectivity index (χ2v) is 7.09.